The van der Waals surface area contributed by atoms with Gasteiger partial charge in [-0.1, -0.05) is 81.4 Å². The minimum absolute atomic E-state index is 0.115. The van der Waals surface area contributed by atoms with Gasteiger partial charge in [-0.25, -0.2) is 0 Å². The molecule has 2 aliphatic rings. The lowest BCUT2D eigenvalue weighted by molar-refractivity contribution is -0.159. The van der Waals surface area contributed by atoms with Gasteiger partial charge in [0.2, 0.25) is 0 Å². The van der Waals surface area contributed by atoms with Crippen molar-refractivity contribution in [3.05, 3.63) is 60.7 Å². The van der Waals surface area contributed by atoms with Crippen LogP contribution in [0.4, 0.5) is 0 Å². The lowest BCUT2D eigenvalue weighted by Crippen LogP contribution is -2.67. The SMILES string of the molecule is CC(C)(C)[Si](OC[C@]1(C=O)CCC2(C1)OCCO2)(c1ccccc1)c1ccccc1. The van der Waals surface area contributed by atoms with Crippen molar-refractivity contribution in [3.63, 3.8) is 0 Å². The summed E-state index contributed by atoms with van der Waals surface area (Å²) in [7, 11) is -2.67. The molecule has 0 aromatic heterocycles. The highest BCUT2D eigenvalue weighted by Crippen LogP contribution is 2.48. The van der Waals surface area contributed by atoms with E-state index in [1.54, 1.807) is 0 Å². The molecule has 1 aliphatic heterocycles. The second kappa shape index (κ2) is 8.04. The average molecular weight is 425 g/mol. The molecule has 1 atom stereocenters. The molecule has 0 N–H and O–H groups in total. The summed E-state index contributed by atoms with van der Waals surface area (Å²) >= 11 is 0. The Balaban J connectivity index is 1.73. The molecule has 4 rings (SSSR count). The first kappa shape index (κ1) is 21.4. The number of hydrogen-bond donors (Lipinski definition) is 0. The number of ether oxygens (including phenoxy) is 2. The first-order valence-electron chi connectivity index (χ1n) is 10.8. The maximum absolute atomic E-state index is 12.3. The van der Waals surface area contributed by atoms with Crippen molar-refractivity contribution in [1.82, 2.24) is 0 Å². The summed E-state index contributed by atoms with van der Waals surface area (Å²) in [5.74, 6) is -0.601. The van der Waals surface area contributed by atoms with Crippen LogP contribution in [0.25, 0.3) is 0 Å². The third-order valence-corrected chi connectivity index (χ3v) is 11.7. The number of carbonyl (C=O) groups excluding carboxylic acids is 1. The van der Waals surface area contributed by atoms with Gasteiger partial charge in [0.15, 0.2) is 5.79 Å². The van der Waals surface area contributed by atoms with Crippen LogP contribution in [0.1, 0.15) is 40.0 Å². The molecule has 160 valence electrons. The first-order valence-corrected chi connectivity index (χ1v) is 12.8. The van der Waals surface area contributed by atoms with Crippen LogP contribution < -0.4 is 10.4 Å². The summed E-state index contributed by atoms with van der Waals surface area (Å²) in [5, 5.41) is 2.34. The fraction of sp³-hybridized carbons (Fsp3) is 0.480. The Labute approximate surface area is 180 Å². The summed E-state index contributed by atoms with van der Waals surface area (Å²) in [6, 6.07) is 21.1. The molecule has 1 saturated heterocycles. The van der Waals surface area contributed by atoms with Crippen molar-refractivity contribution >= 4 is 25.0 Å². The Morgan fingerprint density at radius 2 is 1.47 bits per heavy atom. The Hall–Kier alpha value is -1.79. The summed E-state index contributed by atoms with van der Waals surface area (Å²) in [6.07, 6.45) is 3.14. The smallest absolute Gasteiger partial charge is 0.261 e. The number of aldehydes is 1. The van der Waals surface area contributed by atoms with E-state index in [4.69, 9.17) is 13.9 Å². The molecule has 2 aromatic rings. The van der Waals surface area contributed by atoms with Gasteiger partial charge in [-0.15, -0.1) is 0 Å². The molecule has 2 fully saturated rings. The fourth-order valence-electron chi connectivity index (χ4n) is 5.17. The van der Waals surface area contributed by atoms with Crippen LogP contribution >= 0.6 is 0 Å². The van der Waals surface area contributed by atoms with E-state index in [0.29, 0.717) is 26.2 Å². The van der Waals surface area contributed by atoms with Crippen LogP contribution in [0.15, 0.2) is 60.7 Å². The van der Waals surface area contributed by atoms with E-state index in [2.05, 4.69) is 69.3 Å². The molecule has 30 heavy (non-hydrogen) atoms. The van der Waals surface area contributed by atoms with Gasteiger partial charge in [0, 0.05) is 19.4 Å². The molecule has 5 heteroatoms. The van der Waals surface area contributed by atoms with Gasteiger partial charge < -0.3 is 18.7 Å². The van der Waals surface area contributed by atoms with Gasteiger partial charge in [0.05, 0.1) is 18.6 Å². The highest BCUT2D eigenvalue weighted by Gasteiger charge is 2.55. The highest BCUT2D eigenvalue weighted by molar-refractivity contribution is 6.99. The van der Waals surface area contributed by atoms with Gasteiger partial charge >= 0.3 is 0 Å². The van der Waals surface area contributed by atoms with Crippen molar-refractivity contribution in [2.75, 3.05) is 19.8 Å². The van der Waals surface area contributed by atoms with E-state index < -0.39 is 19.5 Å². The van der Waals surface area contributed by atoms with Crippen LogP contribution in [0.5, 0.6) is 0 Å². The first-order chi connectivity index (χ1) is 14.3. The molecule has 1 heterocycles. The van der Waals surface area contributed by atoms with Crippen LogP contribution in [-0.2, 0) is 18.7 Å². The zero-order valence-corrected chi connectivity index (χ0v) is 19.2. The predicted molar refractivity (Wildman–Crippen MR) is 121 cm³/mol. The molecule has 0 bridgehead atoms. The largest absolute Gasteiger partial charge is 0.406 e. The monoisotopic (exact) mass is 424 g/mol. The molecular formula is C25H32O4Si. The molecule has 4 nitrogen and oxygen atoms in total. The van der Waals surface area contributed by atoms with E-state index in [9.17, 15) is 4.79 Å². The van der Waals surface area contributed by atoms with E-state index in [1.807, 2.05) is 12.1 Å². The Kier molecular flexibility index (Phi) is 5.75. The van der Waals surface area contributed by atoms with E-state index >= 15 is 0 Å². The van der Waals surface area contributed by atoms with Crippen LogP contribution in [0.2, 0.25) is 5.04 Å². The average Bonchev–Trinajstić information content (AvgIpc) is 3.36. The van der Waals surface area contributed by atoms with Crippen molar-refractivity contribution in [2.24, 2.45) is 5.41 Å². The van der Waals surface area contributed by atoms with Gasteiger partial charge in [0.25, 0.3) is 8.32 Å². The molecule has 0 radical (unpaired) electrons. The quantitative estimate of drug-likeness (QED) is 0.524. The van der Waals surface area contributed by atoms with Crippen molar-refractivity contribution in [1.29, 1.82) is 0 Å². The Morgan fingerprint density at radius 1 is 0.933 bits per heavy atom. The second-order valence-electron chi connectivity index (χ2n) is 9.72. The van der Waals surface area contributed by atoms with E-state index in [-0.39, 0.29) is 5.04 Å². The molecule has 1 spiro atoms. The van der Waals surface area contributed by atoms with Crippen molar-refractivity contribution in [2.45, 2.75) is 50.9 Å². The van der Waals surface area contributed by atoms with Crippen LogP contribution in [0.3, 0.4) is 0 Å². The van der Waals surface area contributed by atoms with Gasteiger partial charge in [-0.2, -0.15) is 0 Å². The lowest BCUT2D eigenvalue weighted by Gasteiger charge is -2.44. The molecular weight excluding hydrogens is 392 g/mol. The summed E-state index contributed by atoms with van der Waals surface area (Å²) in [4.78, 5) is 12.3. The summed E-state index contributed by atoms with van der Waals surface area (Å²) in [6.45, 7) is 8.36. The van der Waals surface area contributed by atoms with Gasteiger partial charge in [-0.05, 0) is 21.8 Å². The summed E-state index contributed by atoms with van der Waals surface area (Å²) in [5.41, 5.74) is -0.572. The predicted octanol–water partition coefficient (Wildman–Crippen LogP) is 3.68. The lowest BCUT2D eigenvalue weighted by atomic mass is 9.89. The number of rotatable bonds is 6. The maximum Gasteiger partial charge on any atom is 0.261 e. The standard InChI is InChI=1S/C25H32O4Si/c1-23(2,3)30(21-10-6-4-7-11-21,22-12-8-5-9-13-22)29-20-24(19-26)14-15-25(18-24)27-16-17-28-25/h4-13,19H,14-18,20H2,1-3H3/t24-/m1/s1. The van der Waals surface area contributed by atoms with Crippen molar-refractivity contribution in [3.8, 4) is 0 Å². The van der Waals surface area contributed by atoms with Crippen LogP contribution in [0, 0.1) is 5.41 Å². The molecule has 1 saturated carbocycles. The van der Waals surface area contributed by atoms with E-state index in [0.717, 1.165) is 19.1 Å². The minimum Gasteiger partial charge on any atom is -0.406 e. The number of carbonyl (C=O) groups is 1. The third kappa shape index (κ3) is 3.69. The van der Waals surface area contributed by atoms with Crippen LogP contribution in [-0.4, -0.2) is 40.2 Å². The maximum atomic E-state index is 12.3. The summed E-state index contributed by atoms with van der Waals surface area (Å²) < 4.78 is 18.8. The van der Waals surface area contributed by atoms with Gasteiger partial charge in [-0.3, -0.25) is 0 Å². The Morgan fingerprint density at radius 3 is 1.93 bits per heavy atom. The molecule has 1 aliphatic carbocycles. The topological polar surface area (TPSA) is 44.8 Å². The number of hydrogen-bond acceptors (Lipinski definition) is 4. The zero-order chi connectivity index (χ0) is 21.3. The normalized spacial score (nSPS) is 23.7. The second-order valence-corrected chi connectivity index (χ2v) is 14.0. The minimum atomic E-state index is -2.67. The Bertz CT molecular complexity index is 816. The highest BCUT2D eigenvalue weighted by atomic mass is 28.4. The van der Waals surface area contributed by atoms with Gasteiger partial charge in [0.1, 0.15) is 6.29 Å². The number of benzene rings is 2. The molecule has 0 amide bonds. The third-order valence-electron chi connectivity index (χ3n) is 6.68. The molecule has 2 aromatic carbocycles. The zero-order valence-electron chi connectivity index (χ0n) is 18.2. The molecule has 0 unspecified atom stereocenters. The van der Waals surface area contributed by atoms with Crippen molar-refractivity contribution < 1.29 is 18.7 Å². The fourth-order valence-corrected chi connectivity index (χ4v) is 9.83. The van der Waals surface area contributed by atoms with E-state index in [1.165, 1.54) is 10.4 Å².